The van der Waals surface area contributed by atoms with Gasteiger partial charge in [-0.2, -0.15) is 11.8 Å². The first-order valence-corrected chi connectivity index (χ1v) is 23.2. The summed E-state index contributed by atoms with van der Waals surface area (Å²) in [4.78, 5) is 137. The van der Waals surface area contributed by atoms with Crippen LogP contribution in [0.3, 0.4) is 0 Å². The number of nitrogens with one attached hydrogen (secondary N) is 8. The van der Waals surface area contributed by atoms with E-state index < -0.39 is 133 Å². The number of hydrogen-bond acceptors (Lipinski definition) is 14. The van der Waals surface area contributed by atoms with Crippen LogP contribution in [0.15, 0.2) is 12.5 Å². The van der Waals surface area contributed by atoms with Crippen LogP contribution >= 0.6 is 11.8 Å². The highest BCUT2D eigenvalue weighted by Gasteiger charge is 2.40. The molecule has 0 bridgehead atoms. The molecule has 0 unspecified atom stereocenters. The molecule has 0 radical (unpaired) electrons. The van der Waals surface area contributed by atoms with Gasteiger partial charge < -0.3 is 68.2 Å². The zero-order chi connectivity index (χ0) is 49.7. The van der Waals surface area contributed by atoms with Crippen LogP contribution in [0, 0.1) is 11.8 Å². The summed E-state index contributed by atoms with van der Waals surface area (Å²) < 4.78 is 0. The van der Waals surface area contributed by atoms with Crippen LogP contribution in [-0.2, 0) is 54.4 Å². The normalized spacial score (nSPS) is 17.5. The van der Waals surface area contributed by atoms with Crippen molar-refractivity contribution < 1.29 is 63.3 Å². The number of thioether (sulfide) groups is 1. The number of H-pyrrole nitrogens is 1. The van der Waals surface area contributed by atoms with E-state index in [2.05, 4.69) is 47.2 Å². The third kappa shape index (κ3) is 17.9. The smallest absolute Gasteiger partial charge is 0.326 e. The van der Waals surface area contributed by atoms with Crippen LogP contribution in [-0.4, -0.2) is 169 Å². The largest absolute Gasteiger partial charge is 0.481 e. The van der Waals surface area contributed by atoms with Crippen molar-refractivity contribution in [2.75, 3.05) is 31.7 Å². The van der Waals surface area contributed by atoms with E-state index in [4.69, 9.17) is 10.8 Å². The van der Waals surface area contributed by atoms with Crippen molar-refractivity contribution in [1.29, 1.82) is 0 Å². The second-order valence-electron chi connectivity index (χ2n) is 16.2. The first-order chi connectivity index (χ1) is 31.2. The van der Waals surface area contributed by atoms with Gasteiger partial charge in [-0.25, -0.2) is 9.78 Å². The van der Waals surface area contributed by atoms with Crippen LogP contribution in [0.1, 0.15) is 85.3 Å². The minimum Gasteiger partial charge on any atom is -0.481 e. The van der Waals surface area contributed by atoms with Crippen LogP contribution < -0.4 is 43.0 Å². The number of carboxylic acid groups (broad SMARTS) is 2. The fraction of sp³-hybridized carbons (Fsp3) is 0.683. The number of nitrogens with zero attached hydrogens (tertiary/aromatic N) is 2. The molecule has 66 heavy (non-hydrogen) atoms. The van der Waals surface area contributed by atoms with Gasteiger partial charge in [-0.1, -0.05) is 40.5 Å². The Bertz CT molecular complexity index is 1840. The Balaban J connectivity index is 2.09. The van der Waals surface area contributed by atoms with Crippen LogP contribution in [0.2, 0.25) is 0 Å². The Morgan fingerprint density at radius 2 is 1.41 bits per heavy atom. The molecule has 10 atom stereocenters. The number of aromatic nitrogens is 2. The number of aliphatic hydroxyl groups excluding tert-OH is 1. The van der Waals surface area contributed by atoms with Gasteiger partial charge in [0.25, 0.3) is 0 Å². The van der Waals surface area contributed by atoms with E-state index in [0.29, 0.717) is 30.7 Å². The first kappa shape index (κ1) is 56.3. The number of nitrogens with two attached hydrogens (primary N) is 1. The Morgan fingerprint density at radius 1 is 0.818 bits per heavy atom. The van der Waals surface area contributed by atoms with Crippen molar-refractivity contribution in [1.82, 2.24) is 52.1 Å². The van der Waals surface area contributed by atoms with Crippen molar-refractivity contribution >= 4 is 71.0 Å². The van der Waals surface area contributed by atoms with Crippen molar-refractivity contribution in [2.45, 2.75) is 134 Å². The summed E-state index contributed by atoms with van der Waals surface area (Å²) in [5.74, 6) is -8.98. The number of carbonyl (C=O) groups is 10. The van der Waals surface area contributed by atoms with Crippen LogP contribution in [0.25, 0.3) is 0 Å². The first-order valence-electron chi connectivity index (χ1n) is 21.9. The van der Waals surface area contributed by atoms with Crippen LogP contribution in [0.5, 0.6) is 0 Å². The molecule has 0 saturated carbocycles. The maximum Gasteiger partial charge on any atom is 0.326 e. The molecule has 24 nitrogen and oxygen atoms in total. The van der Waals surface area contributed by atoms with E-state index in [1.807, 2.05) is 13.2 Å². The monoisotopic (exact) mass is 953 g/mol. The second kappa shape index (κ2) is 28.3. The number of carboxylic acids is 2. The summed E-state index contributed by atoms with van der Waals surface area (Å²) >= 11 is 1.42. The van der Waals surface area contributed by atoms with Gasteiger partial charge >= 0.3 is 11.9 Å². The highest BCUT2D eigenvalue weighted by atomic mass is 32.2. The number of aromatic amines is 1. The van der Waals surface area contributed by atoms with Crippen molar-refractivity contribution in [2.24, 2.45) is 17.6 Å². The van der Waals surface area contributed by atoms with Crippen molar-refractivity contribution in [3.8, 4) is 0 Å². The summed E-state index contributed by atoms with van der Waals surface area (Å²) in [7, 11) is 0. The van der Waals surface area contributed by atoms with E-state index in [9.17, 15) is 58.2 Å². The highest BCUT2D eigenvalue weighted by molar-refractivity contribution is 7.98. The summed E-state index contributed by atoms with van der Waals surface area (Å²) in [5, 5.41) is 45.9. The zero-order valence-electron chi connectivity index (χ0n) is 38.2. The molecular formula is C41H67N11O13S. The number of amides is 8. The molecule has 1 saturated heterocycles. The minimum atomic E-state index is -1.58. The molecule has 1 aromatic heterocycles. The Labute approximate surface area is 387 Å². The summed E-state index contributed by atoms with van der Waals surface area (Å²) in [6.45, 7) is 6.89. The highest BCUT2D eigenvalue weighted by Crippen LogP contribution is 2.22. The molecule has 0 aromatic carbocycles. The Hall–Kier alpha value is -5.82. The molecule has 370 valence electrons. The van der Waals surface area contributed by atoms with Crippen LogP contribution in [0.4, 0.5) is 0 Å². The lowest BCUT2D eigenvalue weighted by Gasteiger charge is -2.32. The maximum atomic E-state index is 14.1. The summed E-state index contributed by atoms with van der Waals surface area (Å²) in [6, 6.07) is -9.92. The summed E-state index contributed by atoms with van der Waals surface area (Å²) in [6.07, 6.45) is 5.60. The van der Waals surface area contributed by atoms with Crippen molar-refractivity contribution in [3.63, 3.8) is 0 Å². The lowest BCUT2D eigenvalue weighted by Crippen LogP contribution is -2.60. The van der Waals surface area contributed by atoms with Gasteiger partial charge in [0.05, 0.1) is 25.5 Å². The molecule has 2 rings (SSSR count). The third-order valence-corrected chi connectivity index (χ3v) is 11.9. The lowest BCUT2D eigenvalue weighted by atomic mass is 9.96. The Morgan fingerprint density at radius 3 is 1.98 bits per heavy atom. The standard InChI is InChI=1S/C41H67N11O13S/c1-7-21(3)32(50-36(59)26(13-15-66-6)47-35(58)25(42)11-12-31(55)56)40(63)52-14-9-10-29(52)39(62)44-18-30(54)46-23(5)34(57)48-27(16-24-17-43-20-45-24)37(60)49-28(19-53)38(61)51-33(41(64)65)22(4)8-2/h17,20-23,25-29,32-33,53H,7-16,18-19,42H2,1-6H3,(H,43,45)(H,44,62)(H,46,54)(H,47,58)(H,48,57)(H,49,60)(H,50,59)(H,51,61)(H,55,56)(H,64,65)/t21-,22-,23-,25-,26-,27-,28-,29-,32-,33-/m0/s1. The topological polar surface area (TPSA) is 374 Å². The second-order valence-corrected chi connectivity index (χ2v) is 17.2. The lowest BCUT2D eigenvalue weighted by molar-refractivity contribution is -0.144. The number of hydrogen-bond donors (Lipinski definition) is 12. The quantitative estimate of drug-likeness (QED) is 0.0383. The number of rotatable bonds is 29. The molecular weight excluding hydrogens is 887 g/mol. The molecule has 0 aliphatic carbocycles. The predicted molar refractivity (Wildman–Crippen MR) is 239 cm³/mol. The van der Waals surface area contributed by atoms with E-state index in [-0.39, 0.29) is 38.6 Å². The number of imidazole rings is 1. The molecule has 25 heteroatoms. The number of aliphatic carboxylic acids is 2. The van der Waals surface area contributed by atoms with Gasteiger partial charge in [-0.05, 0) is 56.5 Å². The van der Waals surface area contributed by atoms with E-state index >= 15 is 0 Å². The van der Waals surface area contributed by atoms with Gasteiger partial charge in [-0.3, -0.25) is 43.2 Å². The molecule has 2 heterocycles. The Kier molecular flexibility index (Phi) is 24.1. The molecule has 0 spiro atoms. The average molecular weight is 954 g/mol. The van der Waals surface area contributed by atoms with Gasteiger partial charge in [0.2, 0.25) is 47.3 Å². The van der Waals surface area contributed by atoms with Gasteiger partial charge in [0.15, 0.2) is 0 Å². The molecule has 1 fully saturated rings. The summed E-state index contributed by atoms with van der Waals surface area (Å²) in [5.41, 5.74) is 6.27. The predicted octanol–water partition coefficient (Wildman–Crippen LogP) is -2.90. The average Bonchev–Trinajstić information content (AvgIpc) is 4.00. The number of carbonyl (C=O) groups excluding carboxylic acids is 8. The molecule has 8 amide bonds. The van der Waals surface area contributed by atoms with Gasteiger partial charge in [0, 0.05) is 31.3 Å². The van der Waals surface area contributed by atoms with Crippen molar-refractivity contribution in [3.05, 3.63) is 18.2 Å². The molecule has 1 aromatic rings. The maximum absolute atomic E-state index is 14.1. The SMILES string of the molecule is CC[C@H](C)[C@H](NC(=O)[C@H](CO)NC(=O)[C@H](Cc1cnc[nH]1)NC(=O)[C@H](C)NC(=O)CNC(=O)[C@@H]1CCCN1C(=O)[C@@H](NC(=O)[C@H](CCSC)NC(=O)[C@@H](N)CCC(=O)O)[C@@H](C)CC)C(=O)O. The number of aliphatic hydroxyl groups is 1. The zero-order valence-corrected chi connectivity index (χ0v) is 39.0. The third-order valence-electron chi connectivity index (χ3n) is 11.3. The minimum absolute atomic E-state index is 0.148. The molecule has 1 aliphatic heterocycles. The fourth-order valence-electron chi connectivity index (χ4n) is 6.78. The molecule has 13 N–H and O–H groups in total. The number of likely N-dealkylation sites (tertiary alicyclic amines) is 1. The van der Waals surface area contributed by atoms with Gasteiger partial charge in [0.1, 0.15) is 42.3 Å². The van der Waals surface area contributed by atoms with E-state index in [1.54, 1.807) is 20.8 Å². The van der Waals surface area contributed by atoms with E-state index in [1.165, 1.54) is 36.1 Å². The fourth-order valence-corrected chi connectivity index (χ4v) is 7.25. The van der Waals surface area contributed by atoms with Gasteiger partial charge in [-0.15, -0.1) is 0 Å². The van der Waals surface area contributed by atoms with E-state index in [0.717, 1.165) is 0 Å². The molecule has 1 aliphatic rings.